The monoisotopic (exact) mass is 354 g/mol. The molecule has 3 rings (SSSR count). The first-order valence-corrected chi connectivity index (χ1v) is 9.52. The van der Waals surface area contributed by atoms with Crippen LogP contribution in [0, 0.1) is 6.92 Å². The Bertz CT molecular complexity index is 904. The summed E-state index contributed by atoms with van der Waals surface area (Å²) in [7, 11) is 0. The Morgan fingerprint density at radius 2 is 1.80 bits per heavy atom. The number of aliphatic hydroxyl groups is 1. The number of rotatable bonds is 7. The minimum atomic E-state index is -0.0349. The summed E-state index contributed by atoms with van der Waals surface area (Å²) < 4.78 is 1.71. The number of aryl methyl sites for hydroxylation is 1. The first kappa shape index (κ1) is 17.7. The van der Waals surface area contributed by atoms with Crippen molar-refractivity contribution in [3.05, 3.63) is 64.4 Å². The van der Waals surface area contributed by atoms with Crippen LogP contribution < -0.4 is 5.56 Å². The zero-order valence-corrected chi connectivity index (χ0v) is 15.1. The van der Waals surface area contributed by atoms with Crippen LogP contribution in [-0.2, 0) is 0 Å². The van der Waals surface area contributed by atoms with E-state index in [1.54, 1.807) is 16.3 Å². The van der Waals surface area contributed by atoms with Gasteiger partial charge in [-0.05, 0) is 44.0 Å². The van der Waals surface area contributed by atoms with Gasteiger partial charge in [0.1, 0.15) is 0 Å². The first-order chi connectivity index (χ1) is 12.2. The highest BCUT2D eigenvalue weighted by atomic mass is 32.2. The van der Waals surface area contributed by atoms with Gasteiger partial charge < -0.3 is 5.11 Å². The first-order valence-electron chi connectivity index (χ1n) is 8.53. The van der Waals surface area contributed by atoms with Crippen molar-refractivity contribution in [2.45, 2.75) is 31.3 Å². The molecule has 4 nitrogen and oxygen atoms in total. The number of aliphatic hydroxyl groups excluding tert-OH is 1. The van der Waals surface area contributed by atoms with E-state index < -0.39 is 0 Å². The normalized spacial score (nSPS) is 11.1. The number of para-hydroxylation sites is 1. The second-order valence-electron chi connectivity index (χ2n) is 6.02. The average molecular weight is 354 g/mol. The molecule has 1 N–H and O–H groups in total. The summed E-state index contributed by atoms with van der Waals surface area (Å²) in [6, 6.07) is 15.4. The van der Waals surface area contributed by atoms with Crippen LogP contribution in [0.3, 0.4) is 0 Å². The highest BCUT2D eigenvalue weighted by Crippen LogP contribution is 2.22. The highest BCUT2D eigenvalue weighted by molar-refractivity contribution is 7.99. The van der Waals surface area contributed by atoms with Crippen molar-refractivity contribution in [3.63, 3.8) is 0 Å². The van der Waals surface area contributed by atoms with E-state index in [-0.39, 0.29) is 12.2 Å². The number of fused-ring (bicyclic) bond motifs is 1. The Balaban J connectivity index is 2.01. The second kappa shape index (κ2) is 8.32. The maximum Gasteiger partial charge on any atom is 0.266 e. The molecule has 0 unspecified atom stereocenters. The van der Waals surface area contributed by atoms with Crippen LogP contribution in [0.15, 0.2) is 58.5 Å². The third-order valence-electron chi connectivity index (χ3n) is 4.07. The van der Waals surface area contributed by atoms with Crippen molar-refractivity contribution in [2.75, 3.05) is 12.4 Å². The van der Waals surface area contributed by atoms with Gasteiger partial charge in [-0.15, -0.1) is 0 Å². The molecule has 0 aliphatic heterocycles. The number of benzene rings is 2. The molecule has 2 aromatic carbocycles. The number of hydrogen-bond donors (Lipinski definition) is 1. The van der Waals surface area contributed by atoms with Crippen molar-refractivity contribution in [3.8, 4) is 5.69 Å². The fourth-order valence-corrected chi connectivity index (χ4v) is 3.70. The van der Waals surface area contributed by atoms with Crippen LogP contribution in [0.2, 0.25) is 0 Å². The Morgan fingerprint density at radius 3 is 2.56 bits per heavy atom. The van der Waals surface area contributed by atoms with Gasteiger partial charge in [0.15, 0.2) is 5.16 Å². The fourth-order valence-electron chi connectivity index (χ4n) is 2.68. The van der Waals surface area contributed by atoms with Crippen LogP contribution in [0.25, 0.3) is 16.6 Å². The van der Waals surface area contributed by atoms with Crippen LogP contribution in [0.1, 0.15) is 24.8 Å². The zero-order chi connectivity index (χ0) is 17.6. The molecular weight excluding hydrogens is 332 g/mol. The molecule has 0 fully saturated rings. The largest absolute Gasteiger partial charge is 0.396 e. The molecular formula is C20H22N2O2S. The molecule has 1 aromatic heterocycles. The lowest BCUT2D eigenvalue weighted by molar-refractivity contribution is 0.284. The van der Waals surface area contributed by atoms with E-state index in [9.17, 15) is 4.79 Å². The number of unbranched alkanes of at least 4 members (excludes halogenated alkanes) is 2. The van der Waals surface area contributed by atoms with Crippen molar-refractivity contribution >= 4 is 22.7 Å². The Hall–Kier alpha value is -2.11. The van der Waals surface area contributed by atoms with E-state index in [1.165, 1.54) is 0 Å². The summed E-state index contributed by atoms with van der Waals surface area (Å²) >= 11 is 1.60. The molecule has 0 bridgehead atoms. The minimum absolute atomic E-state index is 0.0349. The molecule has 0 radical (unpaired) electrons. The average Bonchev–Trinajstić information content (AvgIpc) is 2.63. The van der Waals surface area contributed by atoms with Gasteiger partial charge in [-0.25, -0.2) is 4.98 Å². The maximum absolute atomic E-state index is 13.0. The van der Waals surface area contributed by atoms with E-state index >= 15 is 0 Å². The quantitative estimate of drug-likeness (QED) is 0.396. The number of hydrogen-bond acceptors (Lipinski definition) is 4. The summed E-state index contributed by atoms with van der Waals surface area (Å²) in [5.74, 6) is 0.872. The smallest absolute Gasteiger partial charge is 0.266 e. The fraction of sp³-hybridized carbons (Fsp3) is 0.300. The predicted octanol–water partition coefficient (Wildman–Crippen LogP) is 3.95. The Labute approximate surface area is 151 Å². The summed E-state index contributed by atoms with van der Waals surface area (Å²) in [5, 5.41) is 10.2. The van der Waals surface area contributed by atoms with Gasteiger partial charge in [-0.1, -0.05) is 48.0 Å². The summed E-state index contributed by atoms with van der Waals surface area (Å²) in [4.78, 5) is 17.8. The van der Waals surface area contributed by atoms with E-state index in [4.69, 9.17) is 10.1 Å². The lowest BCUT2D eigenvalue weighted by atomic mass is 10.2. The lowest BCUT2D eigenvalue weighted by Gasteiger charge is -2.13. The van der Waals surface area contributed by atoms with Crippen LogP contribution in [0.5, 0.6) is 0 Å². The van der Waals surface area contributed by atoms with Gasteiger partial charge in [-0.2, -0.15) is 0 Å². The zero-order valence-electron chi connectivity index (χ0n) is 14.3. The molecule has 0 saturated heterocycles. The van der Waals surface area contributed by atoms with E-state index in [2.05, 4.69) is 0 Å². The van der Waals surface area contributed by atoms with E-state index in [0.717, 1.165) is 46.9 Å². The van der Waals surface area contributed by atoms with Gasteiger partial charge in [-0.3, -0.25) is 9.36 Å². The molecule has 5 heteroatoms. The molecule has 0 spiro atoms. The summed E-state index contributed by atoms with van der Waals surface area (Å²) in [6.07, 6.45) is 2.78. The maximum atomic E-state index is 13.0. The standard InChI is InChI=1S/C20H22N2O2S/c1-15-9-11-16(12-10-15)22-19(24)17-7-3-4-8-18(17)21-20(22)25-14-6-2-5-13-23/h3-4,7-12,23H,2,5-6,13-14H2,1H3. The number of aromatic nitrogens is 2. The number of nitrogens with zero attached hydrogens (tertiary/aromatic N) is 2. The topological polar surface area (TPSA) is 55.1 Å². The van der Waals surface area contributed by atoms with Crippen molar-refractivity contribution in [2.24, 2.45) is 0 Å². The van der Waals surface area contributed by atoms with E-state index in [0.29, 0.717) is 5.39 Å². The third kappa shape index (κ3) is 4.11. The Kier molecular flexibility index (Phi) is 5.89. The van der Waals surface area contributed by atoms with Crippen molar-refractivity contribution < 1.29 is 5.11 Å². The number of thioether (sulfide) groups is 1. The molecule has 0 aliphatic carbocycles. The molecule has 3 aromatic rings. The molecule has 0 saturated carbocycles. The minimum Gasteiger partial charge on any atom is -0.396 e. The van der Waals surface area contributed by atoms with Gasteiger partial charge in [0.05, 0.1) is 16.6 Å². The van der Waals surface area contributed by atoms with Gasteiger partial charge in [0.25, 0.3) is 5.56 Å². The molecule has 130 valence electrons. The molecule has 0 atom stereocenters. The van der Waals surface area contributed by atoms with Crippen LogP contribution in [-0.4, -0.2) is 27.0 Å². The summed E-state index contributed by atoms with van der Waals surface area (Å²) in [6.45, 7) is 2.26. The molecule has 0 amide bonds. The van der Waals surface area contributed by atoms with Crippen molar-refractivity contribution in [1.82, 2.24) is 9.55 Å². The van der Waals surface area contributed by atoms with Crippen LogP contribution in [0.4, 0.5) is 0 Å². The Morgan fingerprint density at radius 1 is 1.04 bits per heavy atom. The third-order valence-corrected chi connectivity index (χ3v) is 5.10. The van der Waals surface area contributed by atoms with Gasteiger partial charge >= 0.3 is 0 Å². The predicted molar refractivity (Wildman–Crippen MR) is 104 cm³/mol. The van der Waals surface area contributed by atoms with Gasteiger partial charge in [0, 0.05) is 12.4 Å². The van der Waals surface area contributed by atoms with Crippen molar-refractivity contribution in [1.29, 1.82) is 0 Å². The van der Waals surface area contributed by atoms with E-state index in [1.807, 2.05) is 55.5 Å². The van der Waals surface area contributed by atoms with Crippen LogP contribution >= 0.6 is 11.8 Å². The second-order valence-corrected chi connectivity index (χ2v) is 7.08. The SMILES string of the molecule is Cc1ccc(-n2c(SCCCCCO)nc3ccccc3c2=O)cc1. The lowest BCUT2D eigenvalue weighted by Crippen LogP contribution is -2.21. The summed E-state index contributed by atoms with van der Waals surface area (Å²) in [5.41, 5.74) is 2.69. The highest BCUT2D eigenvalue weighted by Gasteiger charge is 2.13. The molecule has 1 heterocycles. The molecule has 0 aliphatic rings. The van der Waals surface area contributed by atoms with Gasteiger partial charge in [0.2, 0.25) is 0 Å². The molecule has 25 heavy (non-hydrogen) atoms.